The lowest BCUT2D eigenvalue weighted by atomic mass is 9.95. The number of rotatable bonds is 3. The molecule has 1 N–H and O–H groups in total. The molecular formula is C13H14F3NO. The molecule has 18 heavy (non-hydrogen) atoms. The quantitative estimate of drug-likeness (QED) is 0.886. The van der Waals surface area contributed by atoms with Crippen LogP contribution in [0.25, 0.3) is 0 Å². The van der Waals surface area contributed by atoms with Crippen LogP contribution in [0.4, 0.5) is 13.2 Å². The van der Waals surface area contributed by atoms with Crippen molar-refractivity contribution < 1.29 is 18.0 Å². The van der Waals surface area contributed by atoms with Gasteiger partial charge < -0.3 is 5.32 Å². The third-order valence-corrected chi connectivity index (χ3v) is 3.35. The van der Waals surface area contributed by atoms with E-state index in [0.717, 1.165) is 30.5 Å². The molecule has 0 bridgehead atoms. The molecule has 5 heteroatoms. The third-order valence-electron chi connectivity index (χ3n) is 3.35. The van der Waals surface area contributed by atoms with Crippen LogP contribution in [0.15, 0.2) is 24.3 Å². The predicted molar refractivity (Wildman–Crippen MR) is 61.0 cm³/mol. The van der Waals surface area contributed by atoms with Crippen molar-refractivity contribution in [1.29, 1.82) is 0 Å². The van der Waals surface area contributed by atoms with Crippen LogP contribution in [0, 0.1) is 0 Å². The predicted octanol–water partition coefficient (Wildman–Crippen LogP) is 2.87. The van der Waals surface area contributed by atoms with E-state index in [4.69, 9.17) is 0 Å². The molecule has 1 amide bonds. The molecule has 2 nitrogen and oxygen atoms in total. The van der Waals surface area contributed by atoms with Crippen molar-refractivity contribution in [1.82, 2.24) is 5.32 Å². The number of carbonyl (C=O) groups excluding carboxylic acids is 1. The highest BCUT2D eigenvalue weighted by Crippen LogP contribution is 2.48. The average molecular weight is 257 g/mol. The minimum absolute atomic E-state index is 0.117. The molecule has 0 aromatic heterocycles. The standard InChI is InChI=1S/C13H14F3NO/c1-9(18)17-8-12(6-7-12)10-2-4-11(5-3-10)13(14,15)16/h2-5H,6-8H2,1H3,(H,17,18). The molecule has 98 valence electrons. The molecule has 2 rings (SSSR count). The second-order valence-corrected chi connectivity index (χ2v) is 4.77. The second kappa shape index (κ2) is 4.30. The topological polar surface area (TPSA) is 29.1 Å². The highest BCUT2D eigenvalue weighted by Gasteiger charge is 2.44. The number of benzene rings is 1. The minimum Gasteiger partial charge on any atom is -0.355 e. The van der Waals surface area contributed by atoms with Gasteiger partial charge in [-0.15, -0.1) is 0 Å². The van der Waals surface area contributed by atoms with Gasteiger partial charge in [-0.3, -0.25) is 4.79 Å². The normalized spacial score (nSPS) is 17.3. The Kier molecular flexibility index (Phi) is 3.09. The highest BCUT2D eigenvalue weighted by molar-refractivity contribution is 5.73. The largest absolute Gasteiger partial charge is 0.416 e. The lowest BCUT2D eigenvalue weighted by molar-refractivity contribution is -0.137. The summed E-state index contributed by atoms with van der Waals surface area (Å²) in [5.74, 6) is -0.117. The van der Waals surface area contributed by atoms with Gasteiger partial charge in [0, 0.05) is 18.9 Å². The first kappa shape index (κ1) is 12.9. The molecule has 0 saturated heterocycles. The number of amides is 1. The van der Waals surface area contributed by atoms with Crippen LogP contribution in [0.2, 0.25) is 0 Å². The summed E-state index contributed by atoms with van der Waals surface area (Å²) in [6.45, 7) is 1.93. The summed E-state index contributed by atoms with van der Waals surface area (Å²) in [7, 11) is 0. The van der Waals surface area contributed by atoms with Crippen molar-refractivity contribution in [2.45, 2.75) is 31.4 Å². The zero-order chi connectivity index (χ0) is 13.4. The molecule has 0 heterocycles. The van der Waals surface area contributed by atoms with Crippen molar-refractivity contribution in [2.24, 2.45) is 0 Å². The molecule has 1 aliphatic carbocycles. The van der Waals surface area contributed by atoms with Crippen LogP contribution in [0.1, 0.15) is 30.9 Å². The maximum absolute atomic E-state index is 12.4. The van der Waals surface area contributed by atoms with Crippen molar-refractivity contribution >= 4 is 5.91 Å². The molecule has 1 aromatic carbocycles. The van der Waals surface area contributed by atoms with E-state index in [1.807, 2.05) is 0 Å². The van der Waals surface area contributed by atoms with Gasteiger partial charge in [0.05, 0.1) is 5.56 Å². The fraction of sp³-hybridized carbons (Fsp3) is 0.462. The molecule has 0 spiro atoms. The zero-order valence-electron chi connectivity index (χ0n) is 9.97. The van der Waals surface area contributed by atoms with Gasteiger partial charge in [0.2, 0.25) is 5.91 Å². The Morgan fingerprint density at radius 3 is 2.22 bits per heavy atom. The zero-order valence-corrected chi connectivity index (χ0v) is 9.97. The number of hydrogen-bond donors (Lipinski definition) is 1. The number of hydrogen-bond acceptors (Lipinski definition) is 1. The Bertz CT molecular complexity index is 446. The number of halogens is 3. The SMILES string of the molecule is CC(=O)NCC1(c2ccc(C(F)(F)F)cc2)CC1. The Morgan fingerprint density at radius 2 is 1.83 bits per heavy atom. The Labute approximate surface area is 103 Å². The summed E-state index contributed by atoms with van der Waals surface area (Å²) >= 11 is 0. The smallest absolute Gasteiger partial charge is 0.355 e. The summed E-state index contributed by atoms with van der Waals surface area (Å²) in [6, 6.07) is 5.22. The molecular weight excluding hydrogens is 243 g/mol. The average Bonchev–Trinajstić information content (AvgIpc) is 3.06. The lowest BCUT2D eigenvalue weighted by Gasteiger charge is -2.17. The summed E-state index contributed by atoms with van der Waals surface area (Å²) in [5, 5.41) is 2.73. The van der Waals surface area contributed by atoms with E-state index >= 15 is 0 Å². The van der Waals surface area contributed by atoms with Crippen molar-refractivity contribution in [3.05, 3.63) is 35.4 Å². The Morgan fingerprint density at radius 1 is 1.28 bits per heavy atom. The van der Waals surface area contributed by atoms with Crippen LogP contribution in [-0.2, 0) is 16.4 Å². The fourth-order valence-corrected chi connectivity index (χ4v) is 2.02. The van der Waals surface area contributed by atoms with E-state index in [0.29, 0.717) is 6.54 Å². The second-order valence-electron chi connectivity index (χ2n) is 4.77. The highest BCUT2D eigenvalue weighted by atomic mass is 19.4. The molecule has 1 aromatic rings. The summed E-state index contributed by atoms with van der Waals surface area (Å²) in [4.78, 5) is 10.9. The maximum atomic E-state index is 12.4. The summed E-state index contributed by atoms with van der Waals surface area (Å²) in [6.07, 6.45) is -2.50. The van der Waals surface area contributed by atoms with Crippen molar-refractivity contribution in [3.63, 3.8) is 0 Å². The van der Waals surface area contributed by atoms with Crippen LogP contribution in [0.5, 0.6) is 0 Å². The van der Waals surface area contributed by atoms with Gasteiger partial charge in [0.1, 0.15) is 0 Å². The monoisotopic (exact) mass is 257 g/mol. The molecule has 0 radical (unpaired) electrons. The Balaban J connectivity index is 2.12. The summed E-state index contributed by atoms with van der Waals surface area (Å²) in [5.41, 5.74) is 0.0707. The fourth-order valence-electron chi connectivity index (χ4n) is 2.02. The molecule has 0 atom stereocenters. The van der Waals surface area contributed by atoms with Gasteiger partial charge >= 0.3 is 6.18 Å². The third kappa shape index (κ3) is 2.66. The molecule has 1 fully saturated rings. The van der Waals surface area contributed by atoms with Gasteiger partial charge in [0.25, 0.3) is 0 Å². The van der Waals surface area contributed by atoms with Crippen LogP contribution >= 0.6 is 0 Å². The first-order valence-electron chi connectivity index (χ1n) is 5.76. The van der Waals surface area contributed by atoms with Gasteiger partial charge in [0.15, 0.2) is 0 Å². The number of nitrogens with one attached hydrogen (secondary N) is 1. The van der Waals surface area contributed by atoms with Gasteiger partial charge in [-0.05, 0) is 30.5 Å². The van der Waals surface area contributed by atoms with Crippen molar-refractivity contribution in [2.75, 3.05) is 6.54 Å². The number of alkyl halides is 3. The Hall–Kier alpha value is -1.52. The summed E-state index contributed by atoms with van der Waals surface area (Å²) < 4.78 is 37.3. The van der Waals surface area contributed by atoms with Crippen molar-refractivity contribution in [3.8, 4) is 0 Å². The van der Waals surface area contributed by atoms with Crippen LogP contribution < -0.4 is 5.32 Å². The van der Waals surface area contributed by atoms with Gasteiger partial charge in [-0.1, -0.05) is 12.1 Å². The number of carbonyl (C=O) groups is 1. The van der Waals surface area contributed by atoms with E-state index < -0.39 is 11.7 Å². The van der Waals surface area contributed by atoms with Gasteiger partial charge in [-0.25, -0.2) is 0 Å². The van der Waals surface area contributed by atoms with E-state index in [1.54, 1.807) is 0 Å². The van der Waals surface area contributed by atoms with Crippen LogP contribution in [-0.4, -0.2) is 12.5 Å². The van der Waals surface area contributed by atoms with Gasteiger partial charge in [-0.2, -0.15) is 13.2 Å². The first-order chi connectivity index (χ1) is 8.33. The lowest BCUT2D eigenvalue weighted by Crippen LogP contribution is -2.30. The molecule has 0 aliphatic heterocycles. The maximum Gasteiger partial charge on any atom is 0.416 e. The van der Waals surface area contributed by atoms with E-state index in [9.17, 15) is 18.0 Å². The van der Waals surface area contributed by atoms with E-state index in [2.05, 4.69) is 5.32 Å². The molecule has 0 unspecified atom stereocenters. The van der Waals surface area contributed by atoms with Crippen LogP contribution in [0.3, 0.4) is 0 Å². The molecule has 1 aliphatic rings. The minimum atomic E-state index is -4.30. The van der Waals surface area contributed by atoms with E-state index in [1.165, 1.54) is 19.1 Å². The molecule has 1 saturated carbocycles. The van der Waals surface area contributed by atoms with E-state index in [-0.39, 0.29) is 11.3 Å². The first-order valence-corrected chi connectivity index (χ1v) is 5.76.